The van der Waals surface area contributed by atoms with Crippen LogP contribution in [-0.2, 0) is 17.6 Å². The fraction of sp³-hybridized carbons (Fsp3) is 0.636. The first-order valence-corrected chi connectivity index (χ1v) is 10.2. The van der Waals surface area contributed by atoms with Crippen molar-refractivity contribution in [1.82, 2.24) is 10.2 Å². The molecule has 0 bridgehead atoms. The number of rotatable bonds is 7. The van der Waals surface area contributed by atoms with Gasteiger partial charge in [0.25, 0.3) is 0 Å². The summed E-state index contributed by atoms with van der Waals surface area (Å²) in [5.74, 6) is 0.816. The van der Waals surface area contributed by atoms with Crippen LogP contribution in [-0.4, -0.2) is 43.3 Å². The Morgan fingerprint density at radius 3 is 2.58 bits per heavy atom. The molecule has 1 aliphatic heterocycles. The molecule has 4 nitrogen and oxygen atoms in total. The van der Waals surface area contributed by atoms with Crippen LogP contribution >= 0.6 is 0 Å². The summed E-state index contributed by atoms with van der Waals surface area (Å²) in [6.45, 7) is 3.06. The maximum Gasteiger partial charge on any atom is 0.220 e. The summed E-state index contributed by atoms with van der Waals surface area (Å²) in [6.07, 6.45) is 8.77. The van der Waals surface area contributed by atoms with E-state index in [0.717, 1.165) is 50.4 Å². The number of piperidine rings is 1. The highest BCUT2D eigenvalue weighted by atomic mass is 16.2. The molecule has 0 aromatic heterocycles. The van der Waals surface area contributed by atoms with Crippen LogP contribution in [0.4, 0.5) is 0 Å². The van der Waals surface area contributed by atoms with Gasteiger partial charge >= 0.3 is 0 Å². The second-order valence-electron chi connectivity index (χ2n) is 8.00. The normalized spacial score (nSPS) is 18.3. The zero-order valence-electron chi connectivity index (χ0n) is 16.1. The summed E-state index contributed by atoms with van der Waals surface area (Å²) in [6, 6.07) is 6.09. The Kier molecular flexibility index (Phi) is 6.84. The highest BCUT2D eigenvalue weighted by molar-refractivity contribution is 5.98. The van der Waals surface area contributed by atoms with Crippen LogP contribution in [0.5, 0.6) is 0 Å². The highest BCUT2D eigenvalue weighted by Crippen LogP contribution is 2.23. The van der Waals surface area contributed by atoms with Gasteiger partial charge in [-0.25, -0.2) is 0 Å². The lowest BCUT2D eigenvalue weighted by Crippen LogP contribution is -2.32. The lowest BCUT2D eigenvalue weighted by Gasteiger charge is -2.28. The van der Waals surface area contributed by atoms with E-state index in [-0.39, 0.29) is 11.7 Å². The van der Waals surface area contributed by atoms with Crippen LogP contribution < -0.4 is 5.32 Å². The van der Waals surface area contributed by atoms with Crippen molar-refractivity contribution in [2.24, 2.45) is 5.92 Å². The summed E-state index contributed by atoms with van der Waals surface area (Å²) >= 11 is 0. The van der Waals surface area contributed by atoms with Crippen molar-refractivity contribution in [2.45, 2.75) is 57.8 Å². The van der Waals surface area contributed by atoms with E-state index in [1.54, 1.807) is 0 Å². The minimum absolute atomic E-state index is 0.00392. The van der Waals surface area contributed by atoms with E-state index in [1.165, 1.54) is 36.8 Å². The molecule has 0 saturated carbocycles. The number of amides is 1. The number of ketones is 1. The van der Waals surface area contributed by atoms with E-state index < -0.39 is 0 Å². The van der Waals surface area contributed by atoms with Gasteiger partial charge in [0.2, 0.25) is 5.91 Å². The number of benzene rings is 1. The Labute approximate surface area is 157 Å². The Morgan fingerprint density at radius 2 is 1.81 bits per heavy atom. The Balaban J connectivity index is 1.36. The van der Waals surface area contributed by atoms with Crippen molar-refractivity contribution in [3.05, 3.63) is 34.9 Å². The Hall–Kier alpha value is -1.68. The number of Topliss-reactive ketones (excluding diaryl/α,β-unsaturated/α-hetero) is 1. The van der Waals surface area contributed by atoms with E-state index in [4.69, 9.17) is 0 Å². The van der Waals surface area contributed by atoms with Crippen molar-refractivity contribution in [3.8, 4) is 0 Å². The van der Waals surface area contributed by atoms with Crippen LogP contribution in [0.2, 0.25) is 0 Å². The third-order valence-corrected chi connectivity index (χ3v) is 5.96. The number of hydrogen-bond donors (Lipinski definition) is 1. The average molecular weight is 357 g/mol. The smallest absolute Gasteiger partial charge is 0.220 e. The number of hydrogen-bond acceptors (Lipinski definition) is 3. The summed E-state index contributed by atoms with van der Waals surface area (Å²) < 4.78 is 0. The first-order chi connectivity index (χ1) is 12.6. The lowest BCUT2D eigenvalue weighted by atomic mass is 9.89. The van der Waals surface area contributed by atoms with Gasteiger partial charge in [-0.2, -0.15) is 0 Å². The van der Waals surface area contributed by atoms with Crippen LogP contribution in [0.3, 0.4) is 0 Å². The molecule has 1 aromatic carbocycles. The average Bonchev–Trinajstić information content (AvgIpc) is 2.67. The largest absolute Gasteiger partial charge is 0.356 e. The molecule has 1 aromatic rings. The predicted molar refractivity (Wildman–Crippen MR) is 104 cm³/mol. The maximum absolute atomic E-state index is 12.4. The van der Waals surface area contributed by atoms with Crippen LogP contribution in [0.15, 0.2) is 18.2 Å². The third-order valence-electron chi connectivity index (χ3n) is 5.96. The number of nitrogens with one attached hydrogen (secondary N) is 1. The molecule has 0 unspecified atom stereocenters. The van der Waals surface area contributed by atoms with Crippen molar-refractivity contribution < 1.29 is 9.59 Å². The Bertz CT molecular complexity index is 633. The molecule has 26 heavy (non-hydrogen) atoms. The first-order valence-electron chi connectivity index (χ1n) is 10.2. The number of likely N-dealkylation sites (tertiary alicyclic amines) is 1. The third kappa shape index (κ3) is 5.41. The molecule has 1 heterocycles. The first kappa shape index (κ1) is 19.1. The fourth-order valence-electron chi connectivity index (χ4n) is 4.13. The molecular formula is C22H32N2O2. The molecule has 1 amide bonds. The zero-order chi connectivity index (χ0) is 18.4. The zero-order valence-corrected chi connectivity index (χ0v) is 16.1. The molecule has 0 atom stereocenters. The highest BCUT2D eigenvalue weighted by Gasteiger charge is 2.17. The monoisotopic (exact) mass is 356 g/mol. The van der Waals surface area contributed by atoms with Gasteiger partial charge in [-0.3, -0.25) is 9.59 Å². The molecule has 0 spiro atoms. The second kappa shape index (κ2) is 9.31. The van der Waals surface area contributed by atoms with Gasteiger partial charge in [-0.15, -0.1) is 0 Å². The molecule has 142 valence electrons. The molecule has 1 N–H and O–H groups in total. The van der Waals surface area contributed by atoms with Crippen molar-refractivity contribution in [3.63, 3.8) is 0 Å². The summed E-state index contributed by atoms with van der Waals surface area (Å²) in [7, 11) is 2.16. The van der Waals surface area contributed by atoms with Gasteiger partial charge in [0.15, 0.2) is 5.78 Å². The van der Waals surface area contributed by atoms with Gasteiger partial charge < -0.3 is 10.2 Å². The Morgan fingerprint density at radius 1 is 1.08 bits per heavy atom. The van der Waals surface area contributed by atoms with Crippen molar-refractivity contribution in [1.29, 1.82) is 0 Å². The van der Waals surface area contributed by atoms with E-state index in [0.29, 0.717) is 12.8 Å². The predicted octanol–water partition coefficient (Wildman–Crippen LogP) is 3.38. The van der Waals surface area contributed by atoms with Crippen LogP contribution in [0.25, 0.3) is 0 Å². The standard InChI is InChI=1S/C22H32N2O2/c1-24-14-11-17(12-15-24)10-13-23-22(26)9-8-21(25)20-7-6-18-4-2-3-5-19(18)16-20/h6-7,16-17H,2-5,8-15H2,1H3,(H,23,26). The summed E-state index contributed by atoms with van der Waals surface area (Å²) in [4.78, 5) is 26.8. The van der Waals surface area contributed by atoms with E-state index >= 15 is 0 Å². The molecular weight excluding hydrogens is 324 g/mol. The van der Waals surface area contributed by atoms with Crippen molar-refractivity contribution in [2.75, 3.05) is 26.7 Å². The number of carbonyl (C=O) groups excluding carboxylic acids is 2. The number of carbonyl (C=O) groups is 2. The van der Waals surface area contributed by atoms with E-state index in [1.807, 2.05) is 6.07 Å². The quantitative estimate of drug-likeness (QED) is 0.762. The molecule has 4 heteroatoms. The maximum atomic E-state index is 12.4. The lowest BCUT2D eigenvalue weighted by molar-refractivity contribution is -0.121. The van der Waals surface area contributed by atoms with Gasteiger partial charge in [0.05, 0.1) is 0 Å². The SMILES string of the molecule is CN1CCC(CCNC(=O)CCC(=O)c2ccc3c(c2)CCCC3)CC1. The van der Waals surface area contributed by atoms with Crippen molar-refractivity contribution >= 4 is 11.7 Å². The van der Waals surface area contributed by atoms with E-state index in [2.05, 4.69) is 29.4 Å². The minimum Gasteiger partial charge on any atom is -0.356 e. The van der Waals surface area contributed by atoms with Crippen LogP contribution in [0, 0.1) is 5.92 Å². The van der Waals surface area contributed by atoms with Gasteiger partial charge in [0, 0.05) is 24.9 Å². The fourth-order valence-corrected chi connectivity index (χ4v) is 4.13. The number of aryl methyl sites for hydroxylation is 2. The summed E-state index contributed by atoms with van der Waals surface area (Å²) in [5.41, 5.74) is 3.48. The molecule has 3 rings (SSSR count). The second-order valence-corrected chi connectivity index (χ2v) is 8.00. The summed E-state index contributed by atoms with van der Waals surface area (Å²) in [5, 5.41) is 2.99. The number of fused-ring (bicyclic) bond motifs is 1. The molecule has 1 aliphatic carbocycles. The number of nitrogens with zero attached hydrogens (tertiary/aromatic N) is 1. The van der Waals surface area contributed by atoms with Gasteiger partial charge in [-0.1, -0.05) is 12.1 Å². The minimum atomic E-state index is 0.00392. The molecule has 2 aliphatic rings. The van der Waals surface area contributed by atoms with Gasteiger partial charge in [0.1, 0.15) is 0 Å². The van der Waals surface area contributed by atoms with Gasteiger partial charge in [-0.05, 0) is 88.2 Å². The topological polar surface area (TPSA) is 49.4 Å². The van der Waals surface area contributed by atoms with E-state index in [9.17, 15) is 9.59 Å². The molecule has 0 radical (unpaired) electrons. The molecule has 1 fully saturated rings. The van der Waals surface area contributed by atoms with Crippen LogP contribution in [0.1, 0.15) is 66.4 Å². The molecule has 1 saturated heterocycles.